The number of hydrogen-bond donors (Lipinski definition) is 2. The summed E-state index contributed by atoms with van der Waals surface area (Å²) < 4.78 is 1.84. The third kappa shape index (κ3) is 4.58. The molecule has 5 heteroatoms. The third-order valence-electron chi connectivity index (χ3n) is 3.63. The predicted octanol–water partition coefficient (Wildman–Crippen LogP) is 1.46. The quantitative estimate of drug-likeness (QED) is 0.639. The number of aryl methyl sites for hydroxylation is 1. The van der Waals surface area contributed by atoms with E-state index in [-0.39, 0.29) is 0 Å². The summed E-state index contributed by atoms with van der Waals surface area (Å²) in [6, 6.07) is 0.596. The van der Waals surface area contributed by atoms with Gasteiger partial charge >= 0.3 is 0 Å². The van der Waals surface area contributed by atoms with E-state index in [1.165, 1.54) is 37.7 Å². The maximum Gasteiger partial charge on any atom is 0.191 e. The average Bonchev–Trinajstić information content (AvgIpc) is 2.84. The van der Waals surface area contributed by atoms with Crippen LogP contribution in [0.5, 0.6) is 0 Å². The van der Waals surface area contributed by atoms with Crippen LogP contribution in [0.4, 0.5) is 0 Å². The molecule has 1 fully saturated rings. The normalized spacial score (nSPS) is 17.5. The summed E-state index contributed by atoms with van der Waals surface area (Å²) in [4.78, 5) is 4.29. The Balaban J connectivity index is 1.70. The third-order valence-corrected chi connectivity index (χ3v) is 3.63. The summed E-state index contributed by atoms with van der Waals surface area (Å²) >= 11 is 0. The summed E-state index contributed by atoms with van der Waals surface area (Å²) in [5, 5.41) is 11.1. The second kappa shape index (κ2) is 7.16. The maximum absolute atomic E-state index is 4.29. The van der Waals surface area contributed by atoms with Gasteiger partial charge in [-0.05, 0) is 24.8 Å². The Morgan fingerprint density at radius 3 is 2.84 bits per heavy atom. The van der Waals surface area contributed by atoms with Crippen molar-refractivity contribution in [1.29, 1.82) is 0 Å². The van der Waals surface area contributed by atoms with Crippen LogP contribution >= 0.6 is 0 Å². The number of hydrogen-bond acceptors (Lipinski definition) is 2. The lowest BCUT2D eigenvalue weighted by Crippen LogP contribution is -2.44. The minimum atomic E-state index is 0.596. The van der Waals surface area contributed by atoms with E-state index in [0.29, 0.717) is 6.04 Å². The van der Waals surface area contributed by atoms with Gasteiger partial charge in [0.15, 0.2) is 5.96 Å². The van der Waals surface area contributed by atoms with Crippen molar-refractivity contribution in [2.45, 2.75) is 44.6 Å². The molecule has 1 saturated carbocycles. The highest BCUT2D eigenvalue weighted by molar-refractivity contribution is 5.79. The average molecular weight is 263 g/mol. The summed E-state index contributed by atoms with van der Waals surface area (Å²) in [5.74, 6) is 0.927. The molecule has 0 atom stereocenters. The van der Waals surface area contributed by atoms with Gasteiger partial charge in [-0.15, -0.1) is 0 Å². The van der Waals surface area contributed by atoms with Crippen LogP contribution in [0, 0.1) is 0 Å². The minimum absolute atomic E-state index is 0.596. The molecule has 0 aromatic carbocycles. The fraction of sp³-hybridized carbons (Fsp3) is 0.714. The molecular weight excluding hydrogens is 238 g/mol. The molecule has 0 amide bonds. The number of aromatic nitrogens is 2. The first-order chi connectivity index (χ1) is 9.28. The van der Waals surface area contributed by atoms with Gasteiger partial charge in [0.1, 0.15) is 0 Å². The molecule has 1 aliphatic carbocycles. The van der Waals surface area contributed by atoms with Crippen LogP contribution < -0.4 is 10.6 Å². The zero-order chi connectivity index (χ0) is 13.5. The molecule has 2 N–H and O–H groups in total. The predicted molar refractivity (Wildman–Crippen MR) is 78.3 cm³/mol. The van der Waals surface area contributed by atoms with Gasteiger partial charge in [0, 0.05) is 32.9 Å². The number of aliphatic imine (C=N–C) groups is 1. The van der Waals surface area contributed by atoms with Crippen LogP contribution in [0.2, 0.25) is 0 Å². The number of guanidine groups is 1. The van der Waals surface area contributed by atoms with E-state index in [2.05, 4.69) is 26.9 Å². The molecule has 0 aliphatic heterocycles. The van der Waals surface area contributed by atoms with Gasteiger partial charge in [0.05, 0.1) is 6.20 Å². The Bertz CT molecular complexity index is 404. The zero-order valence-electron chi connectivity index (χ0n) is 12.0. The van der Waals surface area contributed by atoms with Crippen molar-refractivity contribution in [3.8, 4) is 0 Å². The number of rotatable bonds is 4. The van der Waals surface area contributed by atoms with E-state index < -0.39 is 0 Å². The molecule has 0 bridgehead atoms. The van der Waals surface area contributed by atoms with Crippen molar-refractivity contribution in [3.63, 3.8) is 0 Å². The topological polar surface area (TPSA) is 54.2 Å². The number of nitrogens with one attached hydrogen (secondary N) is 2. The Hall–Kier alpha value is -1.52. The van der Waals surface area contributed by atoms with E-state index >= 15 is 0 Å². The lowest BCUT2D eigenvalue weighted by molar-refractivity contribution is 0.410. The summed E-state index contributed by atoms with van der Waals surface area (Å²) in [6.45, 7) is 0.887. The highest BCUT2D eigenvalue weighted by Gasteiger charge is 2.14. The van der Waals surface area contributed by atoms with E-state index in [9.17, 15) is 0 Å². The molecule has 1 aromatic heterocycles. The molecule has 0 radical (unpaired) electrons. The van der Waals surface area contributed by atoms with Crippen LogP contribution in [0.25, 0.3) is 0 Å². The SMILES string of the molecule is CN=C(NCCc1cnn(C)c1)NC1CCCCC1. The fourth-order valence-corrected chi connectivity index (χ4v) is 2.56. The zero-order valence-corrected chi connectivity index (χ0v) is 12.0. The molecule has 5 nitrogen and oxygen atoms in total. The van der Waals surface area contributed by atoms with Crippen LogP contribution in [0.15, 0.2) is 17.4 Å². The van der Waals surface area contributed by atoms with Crippen molar-refractivity contribution in [2.75, 3.05) is 13.6 Å². The standard InChI is InChI=1S/C14H25N5/c1-15-14(18-13-6-4-3-5-7-13)16-9-8-12-10-17-19(2)11-12/h10-11,13H,3-9H2,1-2H3,(H2,15,16,18). The molecule has 106 valence electrons. The van der Waals surface area contributed by atoms with Crippen molar-refractivity contribution in [2.24, 2.45) is 12.0 Å². The molecule has 1 aromatic rings. The number of nitrogens with zero attached hydrogens (tertiary/aromatic N) is 3. The summed E-state index contributed by atoms with van der Waals surface area (Å²) in [5.41, 5.74) is 1.25. The first-order valence-corrected chi connectivity index (χ1v) is 7.22. The van der Waals surface area contributed by atoms with E-state index in [4.69, 9.17) is 0 Å². The van der Waals surface area contributed by atoms with Crippen molar-refractivity contribution >= 4 is 5.96 Å². The summed E-state index contributed by atoms with van der Waals surface area (Å²) in [6.07, 6.45) is 11.5. The van der Waals surface area contributed by atoms with Gasteiger partial charge in [0.2, 0.25) is 0 Å². The largest absolute Gasteiger partial charge is 0.356 e. The van der Waals surface area contributed by atoms with Gasteiger partial charge in [-0.25, -0.2) is 0 Å². The minimum Gasteiger partial charge on any atom is -0.356 e. The van der Waals surface area contributed by atoms with Crippen molar-refractivity contribution < 1.29 is 0 Å². The molecule has 2 rings (SSSR count). The first kappa shape index (κ1) is 13.9. The fourth-order valence-electron chi connectivity index (χ4n) is 2.56. The van der Waals surface area contributed by atoms with Crippen molar-refractivity contribution in [1.82, 2.24) is 20.4 Å². The van der Waals surface area contributed by atoms with Crippen molar-refractivity contribution in [3.05, 3.63) is 18.0 Å². The lowest BCUT2D eigenvalue weighted by Gasteiger charge is -2.24. The highest BCUT2D eigenvalue weighted by atomic mass is 15.2. The van der Waals surface area contributed by atoms with Crippen LogP contribution in [0.3, 0.4) is 0 Å². The van der Waals surface area contributed by atoms with Crippen LogP contribution in [-0.2, 0) is 13.5 Å². The Morgan fingerprint density at radius 2 is 2.21 bits per heavy atom. The van der Waals surface area contributed by atoms with Gasteiger partial charge < -0.3 is 10.6 Å². The van der Waals surface area contributed by atoms with Gasteiger partial charge in [-0.3, -0.25) is 9.67 Å². The van der Waals surface area contributed by atoms with Gasteiger partial charge in [0.25, 0.3) is 0 Å². The monoisotopic (exact) mass is 263 g/mol. The second-order valence-corrected chi connectivity index (χ2v) is 5.25. The molecule has 19 heavy (non-hydrogen) atoms. The molecule has 1 aliphatic rings. The van der Waals surface area contributed by atoms with E-state index in [1.54, 1.807) is 0 Å². The Labute approximate surface area is 115 Å². The molecule has 0 saturated heterocycles. The molecule has 0 spiro atoms. The smallest absolute Gasteiger partial charge is 0.191 e. The van der Waals surface area contributed by atoms with Crippen LogP contribution in [0.1, 0.15) is 37.7 Å². The Kier molecular flexibility index (Phi) is 5.24. The second-order valence-electron chi connectivity index (χ2n) is 5.25. The highest BCUT2D eigenvalue weighted by Crippen LogP contribution is 2.17. The van der Waals surface area contributed by atoms with Gasteiger partial charge in [-0.2, -0.15) is 5.10 Å². The molecule has 0 unspecified atom stereocenters. The molecule has 1 heterocycles. The maximum atomic E-state index is 4.29. The molecular formula is C14H25N5. The van der Waals surface area contributed by atoms with Crippen LogP contribution in [-0.4, -0.2) is 35.4 Å². The first-order valence-electron chi connectivity index (χ1n) is 7.22. The lowest BCUT2D eigenvalue weighted by atomic mass is 9.96. The van der Waals surface area contributed by atoms with E-state index in [1.807, 2.05) is 25.0 Å². The Morgan fingerprint density at radius 1 is 1.42 bits per heavy atom. The van der Waals surface area contributed by atoms with Gasteiger partial charge in [-0.1, -0.05) is 19.3 Å². The van der Waals surface area contributed by atoms with E-state index in [0.717, 1.165) is 18.9 Å². The summed E-state index contributed by atoms with van der Waals surface area (Å²) in [7, 11) is 3.78.